The number of carboxylic acids is 1. The summed E-state index contributed by atoms with van der Waals surface area (Å²) in [6.45, 7) is -0.0929. The van der Waals surface area contributed by atoms with Crippen molar-refractivity contribution >= 4 is 26.8 Å². The highest BCUT2D eigenvalue weighted by molar-refractivity contribution is 7.89. The highest BCUT2D eigenvalue weighted by Gasteiger charge is 2.13. The molecular weight excluding hydrogens is 378 g/mol. The van der Waals surface area contributed by atoms with Crippen LogP contribution in [0.3, 0.4) is 0 Å². The lowest BCUT2D eigenvalue weighted by Gasteiger charge is -2.09. The number of hydrogen-bond donors (Lipinski definition) is 2. The molecule has 0 unspecified atom stereocenters. The summed E-state index contributed by atoms with van der Waals surface area (Å²) in [5.74, 6) is -0.551. The number of hydrogen-bond acceptors (Lipinski definition) is 4. The first kappa shape index (κ1) is 19.9. The molecule has 3 rings (SSSR count). The smallest absolute Gasteiger partial charge is 0.341 e. The van der Waals surface area contributed by atoms with E-state index in [1.165, 1.54) is 0 Å². The Hall–Kier alpha value is -2.90. The fourth-order valence-electron chi connectivity index (χ4n) is 2.85. The normalized spacial score (nSPS) is 11.4. The minimum atomic E-state index is -3.57. The fourth-order valence-corrected chi connectivity index (χ4v) is 3.96. The van der Waals surface area contributed by atoms with Crippen molar-refractivity contribution in [2.24, 2.45) is 0 Å². The lowest BCUT2D eigenvalue weighted by atomic mass is 10.1. The van der Waals surface area contributed by atoms with Gasteiger partial charge in [-0.3, -0.25) is 0 Å². The van der Waals surface area contributed by atoms with Crippen LogP contribution in [0.4, 0.5) is 0 Å². The molecule has 0 aliphatic rings. The van der Waals surface area contributed by atoms with Crippen LogP contribution in [-0.2, 0) is 21.2 Å². The molecule has 0 heterocycles. The molecule has 6 nitrogen and oxygen atoms in total. The number of carboxylic acid groups (broad SMARTS) is 1. The van der Waals surface area contributed by atoms with E-state index in [9.17, 15) is 13.2 Å². The molecular formula is C21H21NO5S. The van der Waals surface area contributed by atoms with Crippen LogP contribution < -0.4 is 9.46 Å². The van der Waals surface area contributed by atoms with Gasteiger partial charge in [-0.1, -0.05) is 42.5 Å². The topological polar surface area (TPSA) is 92.7 Å². The number of rotatable bonds is 9. The zero-order valence-electron chi connectivity index (χ0n) is 15.2. The van der Waals surface area contributed by atoms with Crippen molar-refractivity contribution in [2.75, 3.05) is 13.2 Å². The second kappa shape index (κ2) is 8.86. The molecule has 0 spiro atoms. The van der Waals surface area contributed by atoms with Gasteiger partial charge in [0.2, 0.25) is 10.0 Å². The Kier molecular flexibility index (Phi) is 6.28. The van der Waals surface area contributed by atoms with E-state index in [1.807, 2.05) is 30.3 Å². The zero-order valence-corrected chi connectivity index (χ0v) is 16.0. The largest absolute Gasteiger partial charge is 0.482 e. The lowest BCUT2D eigenvalue weighted by Crippen LogP contribution is -2.25. The van der Waals surface area contributed by atoms with Gasteiger partial charge in [0.1, 0.15) is 5.75 Å². The van der Waals surface area contributed by atoms with Crippen LogP contribution in [0.1, 0.15) is 12.0 Å². The average molecular weight is 399 g/mol. The van der Waals surface area contributed by atoms with E-state index >= 15 is 0 Å². The summed E-state index contributed by atoms with van der Waals surface area (Å²) in [6.07, 6.45) is 1.25. The molecule has 3 aromatic carbocycles. The van der Waals surface area contributed by atoms with Crippen molar-refractivity contribution < 1.29 is 23.1 Å². The molecule has 2 N–H and O–H groups in total. The van der Waals surface area contributed by atoms with Crippen LogP contribution in [0.15, 0.2) is 71.6 Å². The van der Waals surface area contributed by atoms with Gasteiger partial charge < -0.3 is 9.84 Å². The summed E-state index contributed by atoms with van der Waals surface area (Å²) in [4.78, 5) is 10.8. The van der Waals surface area contributed by atoms with Gasteiger partial charge >= 0.3 is 5.97 Å². The maximum atomic E-state index is 12.5. The first-order valence-corrected chi connectivity index (χ1v) is 10.3. The van der Waals surface area contributed by atoms with Gasteiger partial charge in [-0.05, 0) is 53.4 Å². The third-order valence-electron chi connectivity index (χ3n) is 4.23. The third-order valence-corrected chi connectivity index (χ3v) is 5.69. The van der Waals surface area contributed by atoms with Crippen LogP contribution in [-0.4, -0.2) is 32.6 Å². The second-order valence-electron chi connectivity index (χ2n) is 6.34. The van der Waals surface area contributed by atoms with Crippen molar-refractivity contribution in [2.45, 2.75) is 17.7 Å². The molecule has 0 amide bonds. The fraction of sp³-hybridized carbons (Fsp3) is 0.190. The van der Waals surface area contributed by atoms with E-state index in [-0.39, 0.29) is 4.90 Å². The quantitative estimate of drug-likeness (QED) is 0.539. The van der Waals surface area contributed by atoms with Gasteiger partial charge in [-0.15, -0.1) is 0 Å². The van der Waals surface area contributed by atoms with Crippen molar-refractivity contribution in [1.29, 1.82) is 0 Å². The van der Waals surface area contributed by atoms with Gasteiger partial charge in [0, 0.05) is 6.54 Å². The van der Waals surface area contributed by atoms with E-state index in [0.717, 1.165) is 16.3 Å². The monoisotopic (exact) mass is 399 g/mol. The molecule has 0 bridgehead atoms. The van der Waals surface area contributed by atoms with E-state index in [2.05, 4.69) is 4.72 Å². The van der Waals surface area contributed by atoms with E-state index in [0.29, 0.717) is 25.1 Å². The number of aliphatic carboxylic acids is 1. The highest BCUT2D eigenvalue weighted by Crippen LogP contribution is 2.19. The predicted molar refractivity (Wildman–Crippen MR) is 107 cm³/mol. The summed E-state index contributed by atoms with van der Waals surface area (Å²) >= 11 is 0. The molecule has 0 aliphatic carbocycles. The van der Waals surface area contributed by atoms with E-state index in [4.69, 9.17) is 9.84 Å². The Balaban J connectivity index is 1.55. The van der Waals surface area contributed by atoms with Crippen LogP contribution in [0, 0.1) is 0 Å². The molecule has 0 aliphatic heterocycles. The van der Waals surface area contributed by atoms with Crippen molar-refractivity contribution in [3.8, 4) is 5.75 Å². The van der Waals surface area contributed by atoms with Crippen molar-refractivity contribution in [3.05, 3.63) is 72.3 Å². The first-order valence-electron chi connectivity index (χ1n) is 8.86. The Morgan fingerprint density at radius 2 is 1.75 bits per heavy atom. The summed E-state index contributed by atoms with van der Waals surface area (Å²) in [5, 5.41) is 10.5. The molecule has 146 valence electrons. The van der Waals surface area contributed by atoms with Gasteiger partial charge in [-0.2, -0.15) is 0 Å². The first-order chi connectivity index (χ1) is 13.4. The third kappa shape index (κ3) is 5.31. The number of fused-ring (bicyclic) bond motifs is 1. The predicted octanol–water partition coefficient (Wildman–Crippen LogP) is 3.21. The van der Waals surface area contributed by atoms with Gasteiger partial charge in [0.15, 0.2) is 6.61 Å². The number of nitrogens with one attached hydrogen (secondary N) is 1. The van der Waals surface area contributed by atoms with Crippen molar-refractivity contribution in [3.63, 3.8) is 0 Å². The number of aryl methyl sites for hydroxylation is 1. The maximum Gasteiger partial charge on any atom is 0.341 e. The molecule has 3 aromatic rings. The number of sulfonamides is 1. The minimum absolute atomic E-state index is 0.246. The molecule has 0 fully saturated rings. The molecule has 7 heteroatoms. The average Bonchev–Trinajstić information content (AvgIpc) is 2.69. The Morgan fingerprint density at radius 3 is 2.54 bits per heavy atom. The summed E-state index contributed by atoms with van der Waals surface area (Å²) < 4.78 is 32.8. The van der Waals surface area contributed by atoms with Crippen LogP contribution in [0.2, 0.25) is 0 Å². The molecule has 28 heavy (non-hydrogen) atoms. The second-order valence-corrected chi connectivity index (χ2v) is 8.11. The van der Waals surface area contributed by atoms with E-state index in [1.54, 1.807) is 36.4 Å². The maximum absolute atomic E-state index is 12.5. The zero-order chi connectivity index (χ0) is 20.0. The standard InChI is InChI=1S/C21H21NO5S/c23-21(24)15-27-19-9-3-5-16(13-19)6-4-12-22-28(25,26)20-11-10-17-7-1-2-8-18(17)14-20/h1-3,5,7-11,13-14,22H,4,6,12,15H2,(H,23,24). The summed E-state index contributed by atoms with van der Waals surface area (Å²) in [7, 11) is -3.57. The van der Waals surface area contributed by atoms with Crippen LogP contribution in [0.25, 0.3) is 10.8 Å². The van der Waals surface area contributed by atoms with E-state index < -0.39 is 22.6 Å². The Bertz CT molecular complexity index is 1080. The summed E-state index contributed by atoms with van der Waals surface area (Å²) in [6, 6.07) is 19.8. The molecule has 0 radical (unpaired) electrons. The van der Waals surface area contributed by atoms with Gasteiger partial charge in [0.25, 0.3) is 0 Å². The van der Waals surface area contributed by atoms with Gasteiger partial charge in [0.05, 0.1) is 4.90 Å². The minimum Gasteiger partial charge on any atom is -0.482 e. The Labute approximate surface area is 163 Å². The van der Waals surface area contributed by atoms with Crippen LogP contribution in [0.5, 0.6) is 5.75 Å². The highest BCUT2D eigenvalue weighted by atomic mass is 32.2. The number of ether oxygens (including phenoxy) is 1. The molecule has 0 aromatic heterocycles. The lowest BCUT2D eigenvalue weighted by molar-refractivity contribution is -0.139. The summed E-state index contributed by atoms with van der Waals surface area (Å²) in [5.41, 5.74) is 0.952. The number of benzene rings is 3. The van der Waals surface area contributed by atoms with Gasteiger partial charge in [-0.25, -0.2) is 17.9 Å². The molecule has 0 saturated heterocycles. The van der Waals surface area contributed by atoms with Crippen molar-refractivity contribution in [1.82, 2.24) is 4.72 Å². The molecule has 0 saturated carbocycles. The number of carbonyl (C=O) groups is 1. The Morgan fingerprint density at radius 1 is 0.964 bits per heavy atom. The van der Waals surface area contributed by atoms with Crippen LogP contribution >= 0.6 is 0 Å². The molecule has 0 atom stereocenters. The SMILES string of the molecule is O=C(O)COc1cccc(CCCNS(=O)(=O)c2ccc3ccccc3c2)c1.